The third-order valence-corrected chi connectivity index (χ3v) is 4.64. The fraction of sp³-hybridized carbons (Fsp3) is 0.200. The largest absolute Gasteiger partial charge is 0.397 e. The van der Waals surface area contributed by atoms with Gasteiger partial charge in [0, 0.05) is 6.20 Å². The molecule has 9 nitrogen and oxygen atoms in total. The maximum absolute atomic E-state index is 13.4. The topological polar surface area (TPSA) is 136 Å². The van der Waals surface area contributed by atoms with Gasteiger partial charge in [0.1, 0.15) is 11.7 Å². The Morgan fingerprint density at radius 2 is 1.90 bits per heavy atom. The molecule has 1 aromatic carbocycles. The standard InChI is InChI=1S/C20H21N7O2/c1-12-8-15(11-24-10-12)26-19(28)18(14(3)25(20(26)29)13(2)9-21)27(23)17-7-5-4-6-16(17)22/h4-8,10-11,13H,22-23H2,1-3H3. The van der Waals surface area contributed by atoms with Gasteiger partial charge in [0.25, 0.3) is 5.56 Å². The molecule has 29 heavy (non-hydrogen) atoms. The molecule has 3 aromatic rings. The third kappa shape index (κ3) is 3.37. The molecule has 1 atom stereocenters. The normalized spacial score (nSPS) is 11.7. The van der Waals surface area contributed by atoms with Crippen molar-refractivity contribution in [3.05, 3.63) is 74.8 Å². The molecule has 0 aliphatic rings. The molecule has 2 heterocycles. The summed E-state index contributed by atoms with van der Waals surface area (Å²) in [5, 5.41) is 10.6. The van der Waals surface area contributed by atoms with E-state index < -0.39 is 17.3 Å². The highest BCUT2D eigenvalue weighted by Gasteiger charge is 2.24. The predicted octanol–water partition coefficient (Wildman–Crippen LogP) is 1.69. The molecule has 0 bridgehead atoms. The van der Waals surface area contributed by atoms with E-state index in [4.69, 9.17) is 11.6 Å². The van der Waals surface area contributed by atoms with Gasteiger partial charge in [0.05, 0.1) is 35.0 Å². The quantitative estimate of drug-likeness (QED) is 0.392. The van der Waals surface area contributed by atoms with E-state index in [0.717, 1.165) is 15.1 Å². The number of para-hydroxylation sites is 2. The van der Waals surface area contributed by atoms with Crippen molar-refractivity contribution in [1.29, 1.82) is 5.26 Å². The van der Waals surface area contributed by atoms with E-state index in [0.29, 0.717) is 11.4 Å². The summed E-state index contributed by atoms with van der Waals surface area (Å²) >= 11 is 0. The maximum atomic E-state index is 13.4. The molecule has 0 spiro atoms. The Morgan fingerprint density at radius 1 is 1.21 bits per heavy atom. The van der Waals surface area contributed by atoms with Gasteiger partial charge in [-0.05, 0) is 44.5 Å². The van der Waals surface area contributed by atoms with Crippen LogP contribution in [0.25, 0.3) is 5.69 Å². The third-order valence-electron chi connectivity index (χ3n) is 4.64. The number of hydrogen-bond donors (Lipinski definition) is 2. The van der Waals surface area contributed by atoms with Crippen molar-refractivity contribution in [2.24, 2.45) is 5.84 Å². The zero-order valence-corrected chi connectivity index (χ0v) is 16.3. The first kappa shape index (κ1) is 19.9. The second-order valence-corrected chi connectivity index (χ2v) is 6.68. The number of anilines is 3. The van der Waals surface area contributed by atoms with Gasteiger partial charge in [-0.2, -0.15) is 5.26 Å². The fourth-order valence-corrected chi connectivity index (χ4v) is 3.22. The lowest BCUT2D eigenvalue weighted by Crippen LogP contribution is -2.45. The molecule has 0 saturated heterocycles. The smallest absolute Gasteiger partial charge is 0.337 e. The Balaban J connectivity index is 2.42. The van der Waals surface area contributed by atoms with E-state index in [9.17, 15) is 14.9 Å². The van der Waals surface area contributed by atoms with Gasteiger partial charge in [-0.1, -0.05) is 12.1 Å². The number of nitrogen functional groups attached to an aromatic ring is 1. The minimum atomic E-state index is -0.826. The highest BCUT2D eigenvalue weighted by atomic mass is 16.2. The van der Waals surface area contributed by atoms with Crippen LogP contribution in [-0.4, -0.2) is 14.1 Å². The van der Waals surface area contributed by atoms with E-state index in [1.165, 1.54) is 10.8 Å². The van der Waals surface area contributed by atoms with Crippen LogP contribution in [0.15, 0.2) is 52.3 Å². The molecule has 1 unspecified atom stereocenters. The molecule has 3 rings (SSSR count). The highest BCUT2D eigenvalue weighted by molar-refractivity contribution is 5.74. The van der Waals surface area contributed by atoms with Crippen LogP contribution in [0.2, 0.25) is 0 Å². The summed E-state index contributed by atoms with van der Waals surface area (Å²) < 4.78 is 2.20. The molecule has 0 aliphatic heterocycles. The number of pyridine rings is 1. The molecule has 9 heteroatoms. The Labute approximate surface area is 167 Å². The van der Waals surface area contributed by atoms with Crippen LogP contribution in [0.5, 0.6) is 0 Å². The first-order chi connectivity index (χ1) is 13.8. The van der Waals surface area contributed by atoms with E-state index in [2.05, 4.69) is 4.98 Å². The lowest BCUT2D eigenvalue weighted by atomic mass is 10.2. The summed E-state index contributed by atoms with van der Waals surface area (Å²) in [6.45, 7) is 4.94. The van der Waals surface area contributed by atoms with Crippen molar-refractivity contribution in [3.63, 3.8) is 0 Å². The molecule has 0 radical (unpaired) electrons. The highest BCUT2D eigenvalue weighted by Crippen LogP contribution is 2.27. The molecular formula is C20H21N7O2. The second kappa shape index (κ2) is 7.61. The Kier molecular flexibility index (Phi) is 5.21. The van der Waals surface area contributed by atoms with Gasteiger partial charge >= 0.3 is 5.69 Å². The summed E-state index contributed by atoms with van der Waals surface area (Å²) in [6, 6.07) is 9.67. The summed E-state index contributed by atoms with van der Waals surface area (Å²) in [4.78, 5) is 30.6. The Hall–Kier alpha value is -3.90. The Bertz CT molecular complexity index is 1240. The average Bonchev–Trinajstić information content (AvgIpc) is 2.68. The predicted molar refractivity (Wildman–Crippen MR) is 111 cm³/mol. The zero-order valence-electron chi connectivity index (χ0n) is 16.3. The second-order valence-electron chi connectivity index (χ2n) is 6.68. The SMILES string of the molecule is Cc1cncc(-n2c(=O)c(N(N)c3ccccc3N)c(C)n(C(C)C#N)c2=O)c1. The van der Waals surface area contributed by atoms with Crippen LogP contribution in [0, 0.1) is 25.2 Å². The fourth-order valence-electron chi connectivity index (χ4n) is 3.22. The van der Waals surface area contributed by atoms with E-state index >= 15 is 0 Å². The van der Waals surface area contributed by atoms with Crippen LogP contribution in [0.3, 0.4) is 0 Å². The van der Waals surface area contributed by atoms with Crippen LogP contribution in [-0.2, 0) is 0 Å². The summed E-state index contributed by atoms with van der Waals surface area (Å²) in [6.07, 6.45) is 3.02. The molecule has 0 aliphatic carbocycles. The zero-order chi connectivity index (χ0) is 21.3. The number of aryl methyl sites for hydroxylation is 1. The molecule has 4 N–H and O–H groups in total. The van der Waals surface area contributed by atoms with E-state index in [-0.39, 0.29) is 17.1 Å². The molecule has 0 fully saturated rings. The number of nitrogens with zero attached hydrogens (tertiary/aromatic N) is 5. The van der Waals surface area contributed by atoms with Crippen molar-refractivity contribution in [2.75, 3.05) is 10.7 Å². The van der Waals surface area contributed by atoms with Crippen LogP contribution in [0.1, 0.15) is 24.2 Å². The number of hydrazine groups is 1. The molecular weight excluding hydrogens is 370 g/mol. The van der Waals surface area contributed by atoms with Gasteiger partial charge in [-0.25, -0.2) is 15.2 Å². The van der Waals surface area contributed by atoms with Crippen LogP contribution >= 0.6 is 0 Å². The first-order valence-corrected chi connectivity index (χ1v) is 8.87. The van der Waals surface area contributed by atoms with Gasteiger partial charge in [0.2, 0.25) is 0 Å². The number of nitrogens with two attached hydrogens (primary N) is 2. The number of hydrogen-bond acceptors (Lipinski definition) is 7. The maximum Gasteiger partial charge on any atom is 0.337 e. The monoisotopic (exact) mass is 391 g/mol. The van der Waals surface area contributed by atoms with Gasteiger partial charge in [-0.15, -0.1) is 0 Å². The van der Waals surface area contributed by atoms with Crippen LogP contribution < -0.4 is 27.8 Å². The van der Waals surface area contributed by atoms with Crippen molar-refractivity contribution in [1.82, 2.24) is 14.1 Å². The number of aromatic nitrogens is 3. The minimum absolute atomic E-state index is 0.0334. The van der Waals surface area contributed by atoms with Gasteiger partial charge in [0.15, 0.2) is 0 Å². The van der Waals surface area contributed by atoms with Crippen LogP contribution in [0.4, 0.5) is 17.1 Å². The lowest BCUT2D eigenvalue weighted by molar-refractivity contribution is 0.582. The van der Waals surface area contributed by atoms with Gasteiger partial charge in [-0.3, -0.25) is 19.4 Å². The summed E-state index contributed by atoms with van der Waals surface area (Å²) in [7, 11) is 0. The molecule has 0 amide bonds. The van der Waals surface area contributed by atoms with E-state index in [1.807, 2.05) is 6.07 Å². The minimum Gasteiger partial charge on any atom is -0.397 e. The Morgan fingerprint density at radius 3 is 2.52 bits per heavy atom. The van der Waals surface area contributed by atoms with E-state index in [1.54, 1.807) is 57.3 Å². The van der Waals surface area contributed by atoms with Crippen molar-refractivity contribution in [2.45, 2.75) is 26.8 Å². The first-order valence-electron chi connectivity index (χ1n) is 8.87. The summed E-state index contributed by atoms with van der Waals surface area (Å²) in [5.74, 6) is 6.28. The number of benzene rings is 1. The van der Waals surface area contributed by atoms with Crippen molar-refractivity contribution >= 4 is 17.1 Å². The number of nitriles is 1. The van der Waals surface area contributed by atoms with Gasteiger partial charge < -0.3 is 5.73 Å². The molecule has 2 aromatic heterocycles. The molecule has 148 valence electrons. The summed E-state index contributed by atoms with van der Waals surface area (Å²) in [5.41, 5.74) is 6.86. The lowest BCUT2D eigenvalue weighted by Gasteiger charge is -2.25. The average molecular weight is 391 g/mol. The number of rotatable bonds is 4. The van der Waals surface area contributed by atoms with Crippen molar-refractivity contribution < 1.29 is 0 Å². The molecule has 0 saturated carbocycles. The van der Waals surface area contributed by atoms with Crippen molar-refractivity contribution in [3.8, 4) is 11.8 Å².